The van der Waals surface area contributed by atoms with Gasteiger partial charge >= 0.3 is 6.29 Å². The van der Waals surface area contributed by atoms with Gasteiger partial charge in [0.1, 0.15) is 0 Å². The van der Waals surface area contributed by atoms with Crippen LogP contribution in [0.2, 0.25) is 0 Å². The van der Waals surface area contributed by atoms with E-state index in [0.29, 0.717) is 0 Å². The van der Waals surface area contributed by atoms with Crippen molar-refractivity contribution in [2.75, 3.05) is 0 Å². The Bertz CT molecular complexity index is 213. The molecule has 0 heterocycles. The highest BCUT2D eigenvalue weighted by Gasteiger charge is 2.41. The zero-order valence-electron chi connectivity index (χ0n) is 5.83. The second-order valence-electron chi connectivity index (χ2n) is 1.52. The van der Waals surface area contributed by atoms with Crippen LogP contribution in [0.4, 0.5) is 0 Å². The van der Waals surface area contributed by atoms with E-state index in [1.807, 2.05) is 15.8 Å². The van der Waals surface area contributed by atoms with E-state index in [1.165, 1.54) is 0 Å². The molecule has 0 aromatic rings. The molecule has 0 saturated carbocycles. The highest BCUT2D eigenvalue weighted by molar-refractivity contribution is 4.12. The fourth-order valence-electron chi connectivity index (χ4n) is 0.392. The molecule has 0 amide bonds. The molecule has 0 radical (unpaired) electrons. The predicted octanol–water partition coefficient (Wildman–Crippen LogP) is -0.675. The van der Waals surface area contributed by atoms with Gasteiger partial charge in [-0.3, -0.25) is 0 Å². The molecular weight excluding hydrogens is 192 g/mol. The van der Waals surface area contributed by atoms with Gasteiger partial charge in [-0.25, -0.2) is 0 Å². The Kier molecular flexibility index (Phi) is 3.65. The molecule has 0 aliphatic rings. The average molecular weight is 196 g/mol. The molecule has 12 heteroatoms. The van der Waals surface area contributed by atoms with Gasteiger partial charge < -0.3 is 31.2 Å². The van der Waals surface area contributed by atoms with Crippen molar-refractivity contribution in [3.8, 4) is 0 Å². The zero-order chi connectivity index (χ0) is 10.4. The van der Waals surface area contributed by atoms with Gasteiger partial charge in [0.05, 0.1) is 14.6 Å². The fourth-order valence-corrected chi connectivity index (χ4v) is 0.392. The van der Waals surface area contributed by atoms with Gasteiger partial charge in [0.2, 0.25) is 15.8 Å². The smallest absolute Gasteiger partial charge is 0.587 e. The van der Waals surface area contributed by atoms with E-state index in [9.17, 15) is 15.6 Å². The fraction of sp³-hybridized carbons (Fsp3) is 1.00. The van der Waals surface area contributed by atoms with Gasteiger partial charge in [-0.15, -0.1) is 0 Å². The molecule has 12 nitrogen and oxygen atoms in total. The molecule has 0 unspecified atom stereocenters. The van der Waals surface area contributed by atoms with Crippen LogP contribution in [-0.4, -0.2) is 36.5 Å². The van der Waals surface area contributed by atoms with Gasteiger partial charge in [-0.2, -0.15) is 0 Å². The Morgan fingerprint density at radius 2 is 1.00 bits per heavy atom. The van der Waals surface area contributed by atoms with Crippen LogP contribution in [0.1, 0.15) is 0 Å². The SMILES string of the molecule is [O-][N+](=NO)C([N+]([O-])=NO)[N+]([O-])=NO. The quantitative estimate of drug-likeness (QED) is 0.233. The first-order valence-corrected chi connectivity index (χ1v) is 2.52. The van der Waals surface area contributed by atoms with Crippen LogP contribution >= 0.6 is 0 Å². The highest BCUT2D eigenvalue weighted by atomic mass is 16.7. The van der Waals surface area contributed by atoms with Crippen LogP contribution in [0.3, 0.4) is 0 Å². The topological polar surface area (TPSA) is 176 Å². The van der Waals surface area contributed by atoms with Crippen molar-refractivity contribution in [1.29, 1.82) is 0 Å². The summed E-state index contributed by atoms with van der Waals surface area (Å²) in [5.41, 5.74) is 0. The molecule has 0 spiro atoms. The van der Waals surface area contributed by atoms with Crippen LogP contribution in [0.15, 0.2) is 15.8 Å². The number of hydrogen-bond acceptors (Lipinski definition) is 6. The van der Waals surface area contributed by atoms with E-state index >= 15 is 0 Å². The number of rotatable bonds is 3. The first kappa shape index (κ1) is 10.6. The minimum Gasteiger partial charge on any atom is -0.587 e. The lowest BCUT2D eigenvalue weighted by molar-refractivity contribution is -0.959. The van der Waals surface area contributed by atoms with Crippen LogP contribution in [0.25, 0.3) is 0 Å². The van der Waals surface area contributed by atoms with Crippen molar-refractivity contribution in [1.82, 2.24) is 0 Å². The molecule has 0 aliphatic heterocycles. The third-order valence-electron chi connectivity index (χ3n) is 0.857. The van der Waals surface area contributed by atoms with Gasteiger partial charge in [0, 0.05) is 0 Å². The Morgan fingerprint density at radius 3 is 1.15 bits per heavy atom. The second kappa shape index (κ2) is 4.47. The third-order valence-corrected chi connectivity index (χ3v) is 0.857. The molecule has 0 aliphatic carbocycles. The average Bonchev–Trinajstić information content (AvgIpc) is 2.16. The zero-order valence-corrected chi connectivity index (χ0v) is 5.83. The minimum absolute atomic E-state index is 0.848. The molecule has 0 saturated heterocycles. The Balaban J connectivity index is 4.99. The van der Waals surface area contributed by atoms with E-state index in [-0.39, 0.29) is 0 Å². The lowest BCUT2D eigenvalue weighted by Gasteiger charge is -2.03. The van der Waals surface area contributed by atoms with Gasteiger partial charge in [0.25, 0.3) is 0 Å². The van der Waals surface area contributed by atoms with E-state index in [0.717, 1.165) is 0 Å². The molecule has 74 valence electrons. The van der Waals surface area contributed by atoms with Crippen molar-refractivity contribution < 1.29 is 30.2 Å². The van der Waals surface area contributed by atoms with E-state index in [1.54, 1.807) is 0 Å². The summed E-state index contributed by atoms with van der Waals surface area (Å²) in [5.74, 6) is 0. The summed E-state index contributed by atoms with van der Waals surface area (Å²) in [7, 11) is 0. The molecule has 0 rings (SSSR count). The lowest BCUT2D eigenvalue weighted by atomic mass is 10.9. The molecule has 3 N–H and O–H groups in total. The van der Waals surface area contributed by atoms with Crippen LogP contribution < -0.4 is 0 Å². The molecular formula is CH4N6O6. The van der Waals surface area contributed by atoms with Crippen molar-refractivity contribution >= 4 is 0 Å². The third kappa shape index (κ3) is 2.28. The van der Waals surface area contributed by atoms with Crippen molar-refractivity contribution in [2.24, 2.45) is 15.8 Å². The first-order chi connectivity index (χ1) is 6.08. The van der Waals surface area contributed by atoms with E-state index < -0.39 is 20.9 Å². The maximum atomic E-state index is 10.4. The van der Waals surface area contributed by atoms with Crippen LogP contribution in [0, 0.1) is 15.6 Å². The number of hydrogen-bond donors (Lipinski definition) is 3. The molecule has 0 aromatic heterocycles. The Labute approximate surface area is 69.2 Å². The summed E-state index contributed by atoms with van der Waals surface area (Å²) >= 11 is 0. The van der Waals surface area contributed by atoms with Gasteiger partial charge in [-0.05, 0) is 0 Å². The standard InChI is InChI=1S/CH4N6O6/c8-2-5(11)1(6(12)3-9)7(13)4-10/h1,8-10H. The van der Waals surface area contributed by atoms with E-state index in [2.05, 4.69) is 0 Å². The maximum absolute atomic E-state index is 10.4. The number of nitrogens with zero attached hydrogens (tertiary/aromatic N) is 6. The normalized spacial score (nSPS) is 17.1. The Morgan fingerprint density at radius 1 is 0.769 bits per heavy atom. The van der Waals surface area contributed by atoms with E-state index in [4.69, 9.17) is 15.6 Å². The van der Waals surface area contributed by atoms with Crippen LogP contribution in [-0.2, 0) is 0 Å². The lowest BCUT2D eigenvalue weighted by Crippen LogP contribution is -2.38. The summed E-state index contributed by atoms with van der Waals surface area (Å²) in [6.45, 7) is 0. The van der Waals surface area contributed by atoms with Crippen molar-refractivity contribution in [2.45, 2.75) is 6.29 Å². The second-order valence-corrected chi connectivity index (χ2v) is 1.52. The maximum Gasteiger partial charge on any atom is 0.645 e. The predicted molar refractivity (Wildman–Crippen MR) is 27.3 cm³/mol. The largest absolute Gasteiger partial charge is 0.645 e. The monoisotopic (exact) mass is 196 g/mol. The minimum atomic E-state index is -2.49. The first-order valence-electron chi connectivity index (χ1n) is 2.52. The summed E-state index contributed by atoms with van der Waals surface area (Å²) in [4.78, 5) is -2.54. The van der Waals surface area contributed by atoms with Gasteiger partial charge in [-0.1, -0.05) is 0 Å². The summed E-state index contributed by atoms with van der Waals surface area (Å²) in [6, 6.07) is 0. The van der Waals surface area contributed by atoms with Gasteiger partial charge in [0.15, 0.2) is 0 Å². The molecule has 0 bridgehead atoms. The highest BCUT2D eigenvalue weighted by Crippen LogP contribution is 1.96. The van der Waals surface area contributed by atoms with Crippen molar-refractivity contribution in [3.63, 3.8) is 0 Å². The van der Waals surface area contributed by atoms with Crippen molar-refractivity contribution in [3.05, 3.63) is 15.6 Å². The number of hydroxylamine groups is 3. The summed E-state index contributed by atoms with van der Waals surface area (Å²) in [5, 5.41) is 60.4. The summed E-state index contributed by atoms with van der Waals surface area (Å²) < 4.78 is 0. The molecule has 13 heavy (non-hydrogen) atoms. The molecule has 0 fully saturated rings. The van der Waals surface area contributed by atoms with Crippen LogP contribution in [0.5, 0.6) is 0 Å². The molecule has 0 aromatic carbocycles. The molecule has 0 atom stereocenters. The summed E-state index contributed by atoms with van der Waals surface area (Å²) in [6.07, 6.45) is -2.49. The Hall–Kier alpha value is -2.40.